The van der Waals surface area contributed by atoms with Crippen LogP contribution >= 0.6 is 0 Å². The fraction of sp³-hybridized carbons (Fsp3) is 0.750. The van der Waals surface area contributed by atoms with Gasteiger partial charge in [-0.25, -0.2) is 8.78 Å². The lowest BCUT2D eigenvalue weighted by atomic mass is 10.2. The van der Waals surface area contributed by atoms with Crippen molar-refractivity contribution in [2.45, 2.75) is 50.6 Å². The van der Waals surface area contributed by atoms with Crippen molar-refractivity contribution < 1.29 is 8.78 Å². The molecule has 0 radical (unpaired) electrons. The van der Waals surface area contributed by atoms with E-state index in [1.54, 1.807) is 7.05 Å². The van der Waals surface area contributed by atoms with Crippen molar-refractivity contribution in [3.05, 3.63) is 18.0 Å². The van der Waals surface area contributed by atoms with E-state index in [1.807, 2.05) is 16.9 Å². The Hall–Kier alpha value is -0.970. The number of rotatable bonds is 5. The molecule has 1 N–H and O–H groups in total. The summed E-state index contributed by atoms with van der Waals surface area (Å²) in [5, 5.41) is 7.04. The summed E-state index contributed by atoms with van der Waals surface area (Å²) < 4.78 is 27.1. The molecule has 3 nitrogen and oxygen atoms in total. The third-order valence-corrected chi connectivity index (χ3v) is 3.47. The van der Waals surface area contributed by atoms with Crippen molar-refractivity contribution >= 4 is 0 Å². The molecule has 1 aliphatic rings. The number of nitrogens with zero attached hydrogens (tertiary/aromatic N) is 2. The summed E-state index contributed by atoms with van der Waals surface area (Å²) in [6.07, 6.45) is 4.66. The molecule has 1 heterocycles. The first-order valence-electron chi connectivity index (χ1n) is 6.20. The van der Waals surface area contributed by atoms with Crippen LogP contribution < -0.4 is 5.32 Å². The van der Waals surface area contributed by atoms with Gasteiger partial charge in [-0.2, -0.15) is 5.10 Å². The molecule has 0 saturated heterocycles. The van der Waals surface area contributed by atoms with Crippen molar-refractivity contribution in [3.8, 4) is 0 Å². The summed E-state index contributed by atoms with van der Waals surface area (Å²) in [5.41, 5.74) is 0.747. The first kappa shape index (κ1) is 12.5. The summed E-state index contributed by atoms with van der Waals surface area (Å²) in [6, 6.07) is 1.52. The topological polar surface area (TPSA) is 29.9 Å². The van der Waals surface area contributed by atoms with Crippen molar-refractivity contribution in [2.24, 2.45) is 0 Å². The zero-order valence-corrected chi connectivity index (χ0v) is 10.1. The molecule has 0 aromatic carbocycles. The van der Waals surface area contributed by atoms with E-state index in [2.05, 4.69) is 10.4 Å². The van der Waals surface area contributed by atoms with E-state index in [-0.39, 0.29) is 6.42 Å². The molecule has 96 valence electrons. The summed E-state index contributed by atoms with van der Waals surface area (Å²) in [7, 11) is 1.56. The van der Waals surface area contributed by atoms with Crippen LogP contribution in [0.1, 0.15) is 37.4 Å². The molecule has 1 aliphatic carbocycles. The molecular formula is C12H19F2N3. The first-order chi connectivity index (χ1) is 8.20. The van der Waals surface area contributed by atoms with Crippen molar-refractivity contribution in [3.63, 3.8) is 0 Å². The average molecular weight is 243 g/mol. The molecule has 17 heavy (non-hydrogen) atoms. The van der Waals surface area contributed by atoms with Gasteiger partial charge >= 0.3 is 0 Å². The van der Waals surface area contributed by atoms with Gasteiger partial charge in [0.1, 0.15) is 0 Å². The highest BCUT2D eigenvalue weighted by molar-refractivity contribution is 5.03. The monoisotopic (exact) mass is 243 g/mol. The Morgan fingerprint density at radius 3 is 2.76 bits per heavy atom. The molecule has 1 aromatic heterocycles. The highest BCUT2D eigenvalue weighted by Gasteiger charge is 2.21. The Morgan fingerprint density at radius 1 is 1.47 bits per heavy atom. The Kier molecular flexibility index (Phi) is 4.10. The molecule has 5 heteroatoms. The van der Waals surface area contributed by atoms with E-state index < -0.39 is 12.5 Å². The van der Waals surface area contributed by atoms with Gasteiger partial charge in [-0.3, -0.25) is 4.68 Å². The highest BCUT2D eigenvalue weighted by atomic mass is 19.3. The smallest absolute Gasteiger partial charge is 0.254 e. The van der Waals surface area contributed by atoms with Gasteiger partial charge in [-0.15, -0.1) is 0 Å². The lowest BCUT2D eigenvalue weighted by Gasteiger charge is -2.13. The molecule has 2 rings (SSSR count). The van der Waals surface area contributed by atoms with Crippen LogP contribution in [0.5, 0.6) is 0 Å². The fourth-order valence-electron chi connectivity index (χ4n) is 2.40. The SMILES string of the molecule is CNC(Cc1ccn(C2CCCC2)n1)C(F)F. The van der Waals surface area contributed by atoms with Crippen molar-refractivity contribution in [1.82, 2.24) is 15.1 Å². The Labute approximate surface area is 100 Å². The maximum atomic E-state index is 12.6. The van der Waals surface area contributed by atoms with E-state index in [4.69, 9.17) is 0 Å². The number of likely N-dealkylation sites (N-methyl/N-ethyl adjacent to an activating group) is 1. The number of halogens is 2. The summed E-state index contributed by atoms with van der Waals surface area (Å²) in [6.45, 7) is 0. The number of alkyl halides is 2. The first-order valence-corrected chi connectivity index (χ1v) is 6.20. The molecule has 1 fully saturated rings. The number of nitrogens with one attached hydrogen (secondary N) is 1. The van der Waals surface area contributed by atoms with E-state index in [0.717, 1.165) is 18.5 Å². The zero-order valence-electron chi connectivity index (χ0n) is 10.1. The minimum absolute atomic E-state index is 0.286. The maximum Gasteiger partial charge on any atom is 0.254 e. The Morgan fingerprint density at radius 2 is 2.18 bits per heavy atom. The average Bonchev–Trinajstić information content (AvgIpc) is 2.95. The van der Waals surface area contributed by atoms with Crippen LogP contribution in [0.2, 0.25) is 0 Å². The third-order valence-electron chi connectivity index (χ3n) is 3.47. The predicted molar refractivity (Wildman–Crippen MR) is 62.3 cm³/mol. The molecule has 0 spiro atoms. The summed E-state index contributed by atoms with van der Waals surface area (Å²) >= 11 is 0. The van der Waals surface area contributed by atoms with Gasteiger partial charge in [0.15, 0.2) is 0 Å². The fourth-order valence-corrected chi connectivity index (χ4v) is 2.40. The van der Waals surface area contributed by atoms with Gasteiger partial charge < -0.3 is 5.32 Å². The minimum atomic E-state index is -2.35. The molecule has 1 saturated carbocycles. The molecular weight excluding hydrogens is 224 g/mol. The van der Waals surface area contributed by atoms with E-state index in [1.165, 1.54) is 12.8 Å². The lowest BCUT2D eigenvalue weighted by Crippen LogP contribution is -2.34. The minimum Gasteiger partial charge on any atom is -0.312 e. The second-order valence-corrected chi connectivity index (χ2v) is 4.66. The quantitative estimate of drug-likeness (QED) is 0.860. The van der Waals surface area contributed by atoms with E-state index in [9.17, 15) is 8.78 Å². The predicted octanol–water partition coefficient (Wildman–Crippen LogP) is 2.39. The standard InChI is InChI=1S/C12H19F2N3/c1-15-11(12(13)14)8-9-6-7-17(16-9)10-4-2-3-5-10/h6-7,10-12,15H,2-5,8H2,1H3. The zero-order chi connectivity index (χ0) is 12.3. The van der Waals surface area contributed by atoms with Gasteiger partial charge in [-0.1, -0.05) is 12.8 Å². The van der Waals surface area contributed by atoms with Crippen molar-refractivity contribution in [1.29, 1.82) is 0 Å². The van der Waals surface area contributed by atoms with Crippen LogP contribution in [0.3, 0.4) is 0 Å². The third kappa shape index (κ3) is 3.03. The van der Waals surface area contributed by atoms with Crippen LogP contribution in [0.4, 0.5) is 8.78 Å². The van der Waals surface area contributed by atoms with E-state index >= 15 is 0 Å². The molecule has 1 unspecified atom stereocenters. The van der Waals surface area contributed by atoms with Crippen LogP contribution in [-0.2, 0) is 6.42 Å². The molecule has 0 amide bonds. The summed E-state index contributed by atoms with van der Waals surface area (Å²) in [5.74, 6) is 0. The maximum absolute atomic E-state index is 12.6. The van der Waals surface area contributed by atoms with Gasteiger partial charge in [0.2, 0.25) is 0 Å². The molecule has 0 aliphatic heterocycles. The van der Waals surface area contributed by atoms with Crippen LogP contribution in [-0.4, -0.2) is 29.3 Å². The van der Waals surface area contributed by atoms with Gasteiger partial charge in [0, 0.05) is 12.6 Å². The lowest BCUT2D eigenvalue weighted by molar-refractivity contribution is 0.101. The summed E-state index contributed by atoms with van der Waals surface area (Å²) in [4.78, 5) is 0. The Bertz CT molecular complexity index is 345. The van der Waals surface area contributed by atoms with Crippen LogP contribution in [0, 0.1) is 0 Å². The second-order valence-electron chi connectivity index (χ2n) is 4.66. The number of aromatic nitrogens is 2. The van der Waals surface area contributed by atoms with Gasteiger partial charge in [-0.05, 0) is 26.0 Å². The molecule has 1 aromatic rings. The van der Waals surface area contributed by atoms with E-state index in [0.29, 0.717) is 6.04 Å². The molecule has 0 bridgehead atoms. The highest BCUT2D eigenvalue weighted by Crippen LogP contribution is 2.28. The van der Waals surface area contributed by atoms with Gasteiger partial charge in [0.25, 0.3) is 6.43 Å². The largest absolute Gasteiger partial charge is 0.312 e. The number of hydrogen-bond donors (Lipinski definition) is 1. The normalized spacial score (nSPS) is 19.1. The second kappa shape index (κ2) is 5.58. The Balaban J connectivity index is 1.97. The van der Waals surface area contributed by atoms with Crippen molar-refractivity contribution in [2.75, 3.05) is 7.05 Å². The van der Waals surface area contributed by atoms with Gasteiger partial charge in [0.05, 0.1) is 17.8 Å². The molecule has 1 atom stereocenters. The van der Waals surface area contributed by atoms with Crippen LogP contribution in [0.15, 0.2) is 12.3 Å². The van der Waals surface area contributed by atoms with Crippen LogP contribution in [0.25, 0.3) is 0 Å². The number of hydrogen-bond acceptors (Lipinski definition) is 2.